The minimum Gasteiger partial charge on any atom is -0.474 e. The number of piperidine rings is 1. The van der Waals surface area contributed by atoms with Crippen molar-refractivity contribution < 1.29 is 14.3 Å². The molecule has 2 aromatic rings. The van der Waals surface area contributed by atoms with Gasteiger partial charge in [0, 0.05) is 51.7 Å². The first-order valence-corrected chi connectivity index (χ1v) is 8.75. The van der Waals surface area contributed by atoms with Crippen molar-refractivity contribution in [3.63, 3.8) is 0 Å². The van der Waals surface area contributed by atoms with Crippen LogP contribution in [0.3, 0.4) is 0 Å². The fraction of sp³-hybridized carbons (Fsp3) is 0.444. The number of carbonyl (C=O) groups excluding carboxylic acids is 2. The van der Waals surface area contributed by atoms with E-state index in [0.717, 1.165) is 12.8 Å². The Hall–Kier alpha value is -2.90. The number of ether oxygens (including phenoxy) is 1. The molecule has 2 amide bonds. The minimum absolute atomic E-state index is 0.00527. The van der Waals surface area contributed by atoms with E-state index >= 15 is 0 Å². The van der Waals surface area contributed by atoms with Gasteiger partial charge in [0.25, 0.3) is 5.91 Å². The van der Waals surface area contributed by atoms with Crippen LogP contribution in [0.2, 0.25) is 0 Å². The average Bonchev–Trinajstić information content (AvgIpc) is 3.09. The fourth-order valence-corrected chi connectivity index (χ4v) is 2.84. The summed E-state index contributed by atoms with van der Waals surface area (Å²) in [6, 6.07) is 3.52. The summed E-state index contributed by atoms with van der Waals surface area (Å²) in [5.74, 6) is 0.480. The Morgan fingerprint density at radius 2 is 2.04 bits per heavy atom. The van der Waals surface area contributed by atoms with E-state index in [2.05, 4.69) is 15.4 Å². The number of aromatic nitrogens is 3. The van der Waals surface area contributed by atoms with Crippen molar-refractivity contribution in [2.75, 3.05) is 18.4 Å². The highest BCUT2D eigenvalue weighted by Gasteiger charge is 2.25. The zero-order chi connectivity index (χ0) is 18.5. The maximum absolute atomic E-state index is 12.4. The number of pyridine rings is 1. The van der Waals surface area contributed by atoms with Crippen LogP contribution in [0.15, 0.2) is 30.7 Å². The third kappa shape index (κ3) is 4.38. The van der Waals surface area contributed by atoms with Gasteiger partial charge in [0.1, 0.15) is 6.10 Å². The van der Waals surface area contributed by atoms with Gasteiger partial charge >= 0.3 is 0 Å². The van der Waals surface area contributed by atoms with E-state index < -0.39 is 0 Å². The number of amides is 2. The Labute approximate surface area is 152 Å². The first-order chi connectivity index (χ1) is 12.5. The van der Waals surface area contributed by atoms with Crippen LogP contribution >= 0.6 is 0 Å². The first-order valence-electron chi connectivity index (χ1n) is 8.75. The molecule has 3 rings (SSSR count). The van der Waals surface area contributed by atoms with Crippen molar-refractivity contribution in [1.82, 2.24) is 19.7 Å². The summed E-state index contributed by atoms with van der Waals surface area (Å²) >= 11 is 0. The van der Waals surface area contributed by atoms with Crippen LogP contribution in [0.25, 0.3) is 0 Å². The zero-order valence-electron chi connectivity index (χ0n) is 15.0. The van der Waals surface area contributed by atoms with Crippen LogP contribution in [0.4, 0.5) is 5.69 Å². The molecular formula is C18H23N5O3. The van der Waals surface area contributed by atoms with Gasteiger partial charge in [-0.25, -0.2) is 4.98 Å². The van der Waals surface area contributed by atoms with Gasteiger partial charge in [-0.05, 0) is 6.07 Å². The number of hydrogen-bond acceptors (Lipinski definition) is 5. The molecule has 1 fully saturated rings. The number of nitrogens with zero attached hydrogens (tertiary/aromatic N) is 4. The van der Waals surface area contributed by atoms with Gasteiger partial charge in [0.15, 0.2) is 0 Å². The van der Waals surface area contributed by atoms with Crippen molar-refractivity contribution >= 4 is 17.5 Å². The summed E-state index contributed by atoms with van der Waals surface area (Å²) in [5.41, 5.74) is 1.26. The second-order valence-electron chi connectivity index (χ2n) is 6.30. The van der Waals surface area contributed by atoms with Crippen LogP contribution in [-0.4, -0.2) is 50.7 Å². The predicted octanol–water partition coefficient (Wildman–Crippen LogP) is 1.85. The van der Waals surface area contributed by atoms with Crippen LogP contribution in [-0.2, 0) is 11.8 Å². The third-order valence-corrected chi connectivity index (χ3v) is 4.31. The summed E-state index contributed by atoms with van der Waals surface area (Å²) in [6.45, 7) is 3.08. The molecule has 0 radical (unpaired) electrons. The second-order valence-corrected chi connectivity index (χ2v) is 6.30. The molecule has 1 aliphatic rings. The van der Waals surface area contributed by atoms with Crippen molar-refractivity contribution in [3.05, 3.63) is 36.3 Å². The molecule has 1 aliphatic heterocycles. The van der Waals surface area contributed by atoms with Crippen LogP contribution < -0.4 is 10.1 Å². The SMILES string of the molecule is CCC(=O)Nc1ccc(OC2CCN(C(=O)c3cnn(C)c3)CC2)nc1. The van der Waals surface area contributed by atoms with E-state index in [1.165, 1.54) is 0 Å². The van der Waals surface area contributed by atoms with Gasteiger partial charge in [-0.3, -0.25) is 14.3 Å². The number of anilines is 1. The molecule has 0 aliphatic carbocycles. The number of likely N-dealkylation sites (tertiary alicyclic amines) is 1. The van der Waals surface area contributed by atoms with Crippen molar-refractivity contribution in [2.45, 2.75) is 32.3 Å². The highest BCUT2D eigenvalue weighted by Crippen LogP contribution is 2.20. The molecule has 26 heavy (non-hydrogen) atoms. The number of carbonyl (C=O) groups is 2. The molecule has 0 saturated carbocycles. The van der Waals surface area contributed by atoms with Crippen LogP contribution in [0.1, 0.15) is 36.5 Å². The van der Waals surface area contributed by atoms with E-state index in [1.54, 1.807) is 49.4 Å². The Bertz CT molecular complexity index is 763. The van der Waals surface area contributed by atoms with Crippen LogP contribution in [0.5, 0.6) is 5.88 Å². The van der Waals surface area contributed by atoms with E-state index in [-0.39, 0.29) is 17.9 Å². The van der Waals surface area contributed by atoms with Crippen molar-refractivity contribution in [2.24, 2.45) is 7.05 Å². The minimum atomic E-state index is -0.0499. The first kappa shape index (κ1) is 17.9. The van der Waals surface area contributed by atoms with Gasteiger partial charge in [-0.1, -0.05) is 6.92 Å². The smallest absolute Gasteiger partial charge is 0.257 e. The molecule has 0 atom stereocenters. The van der Waals surface area contributed by atoms with Gasteiger partial charge in [-0.15, -0.1) is 0 Å². The highest BCUT2D eigenvalue weighted by atomic mass is 16.5. The lowest BCUT2D eigenvalue weighted by molar-refractivity contribution is -0.115. The fourth-order valence-electron chi connectivity index (χ4n) is 2.84. The molecule has 138 valence electrons. The monoisotopic (exact) mass is 357 g/mol. The number of nitrogens with one attached hydrogen (secondary N) is 1. The lowest BCUT2D eigenvalue weighted by atomic mass is 10.1. The molecule has 0 aromatic carbocycles. The quantitative estimate of drug-likeness (QED) is 0.882. The summed E-state index contributed by atoms with van der Waals surface area (Å²) < 4.78 is 7.53. The molecule has 0 bridgehead atoms. The molecular weight excluding hydrogens is 334 g/mol. The Morgan fingerprint density at radius 3 is 2.62 bits per heavy atom. The number of aryl methyl sites for hydroxylation is 1. The molecule has 2 aromatic heterocycles. The summed E-state index contributed by atoms with van der Waals surface area (Å²) in [7, 11) is 1.79. The standard InChI is InChI=1S/C18H23N5O3/c1-3-16(24)21-14-4-5-17(19-11-14)26-15-6-8-23(9-7-15)18(25)13-10-20-22(2)12-13/h4-5,10-12,15H,3,6-9H2,1-2H3,(H,21,24). The molecule has 1 N–H and O–H groups in total. The van der Waals surface area contributed by atoms with Gasteiger partial charge < -0.3 is 15.0 Å². The normalized spacial score (nSPS) is 14.9. The summed E-state index contributed by atoms with van der Waals surface area (Å²) in [5, 5.41) is 6.79. The number of hydrogen-bond donors (Lipinski definition) is 1. The lowest BCUT2D eigenvalue weighted by Crippen LogP contribution is -2.41. The van der Waals surface area contributed by atoms with Crippen molar-refractivity contribution in [3.8, 4) is 5.88 Å². The molecule has 3 heterocycles. The Kier molecular flexibility index (Phi) is 5.50. The maximum atomic E-state index is 12.4. The summed E-state index contributed by atoms with van der Waals surface area (Å²) in [6.07, 6.45) is 6.86. The van der Waals surface area contributed by atoms with E-state index in [0.29, 0.717) is 36.6 Å². The lowest BCUT2D eigenvalue weighted by Gasteiger charge is -2.31. The van der Waals surface area contributed by atoms with Crippen LogP contribution in [0, 0.1) is 0 Å². The molecule has 0 unspecified atom stereocenters. The molecule has 8 heteroatoms. The van der Waals surface area contributed by atoms with Gasteiger partial charge in [0.2, 0.25) is 11.8 Å². The zero-order valence-corrected chi connectivity index (χ0v) is 15.0. The van der Waals surface area contributed by atoms with E-state index in [9.17, 15) is 9.59 Å². The molecule has 1 saturated heterocycles. The largest absolute Gasteiger partial charge is 0.474 e. The molecule has 8 nitrogen and oxygen atoms in total. The predicted molar refractivity (Wildman–Crippen MR) is 95.9 cm³/mol. The Balaban J connectivity index is 1.49. The molecule has 0 spiro atoms. The van der Waals surface area contributed by atoms with Gasteiger partial charge in [-0.2, -0.15) is 5.10 Å². The van der Waals surface area contributed by atoms with Crippen molar-refractivity contribution in [1.29, 1.82) is 0 Å². The average molecular weight is 357 g/mol. The van der Waals surface area contributed by atoms with Gasteiger partial charge in [0.05, 0.1) is 23.6 Å². The van der Waals surface area contributed by atoms with E-state index in [1.807, 2.05) is 4.90 Å². The topological polar surface area (TPSA) is 89.4 Å². The maximum Gasteiger partial charge on any atom is 0.257 e. The Morgan fingerprint density at radius 1 is 1.27 bits per heavy atom. The third-order valence-electron chi connectivity index (χ3n) is 4.31. The second kappa shape index (κ2) is 7.99. The van der Waals surface area contributed by atoms with E-state index in [4.69, 9.17) is 4.74 Å². The highest BCUT2D eigenvalue weighted by molar-refractivity contribution is 5.93. The number of rotatable bonds is 5. The summed E-state index contributed by atoms with van der Waals surface area (Å²) in [4.78, 5) is 29.8.